The van der Waals surface area contributed by atoms with Crippen LogP contribution >= 0.6 is 11.3 Å². The van der Waals surface area contributed by atoms with Gasteiger partial charge in [0.05, 0.1) is 13.2 Å². The molecule has 8 nitrogen and oxygen atoms in total. The zero-order valence-electron chi connectivity index (χ0n) is 18.2. The van der Waals surface area contributed by atoms with E-state index in [0.717, 1.165) is 37.0 Å². The highest BCUT2D eigenvalue weighted by Crippen LogP contribution is 2.43. The fraction of sp³-hybridized carbons (Fsp3) is 0.600. The zero-order chi connectivity index (χ0) is 21.8. The summed E-state index contributed by atoms with van der Waals surface area (Å²) in [7, 11) is 0. The Labute approximate surface area is 176 Å². The molecule has 1 aromatic rings. The number of carbonyl (C=O) groups excluding carboxylic acids is 2. The highest BCUT2D eigenvalue weighted by atomic mass is 32.1. The van der Waals surface area contributed by atoms with Crippen LogP contribution in [-0.4, -0.2) is 36.5 Å². The molecule has 0 aliphatic heterocycles. The molecule has 1 rings (SSSR count). The van der Waals surface area contributed by atoms with Crippen LogP contribution in [0.5, 0.6) is 11.5 Å². The molecular formula is C20H32N4O4S. The SMILES string of the molecule is CCCCOc1c(C(=O)NN=C(C)C)sc(C(=O)NN=C(C)C)c1OCCCC. The normalized spacial score (nSPS) is 10.1. The van der Waals surface area contributed by atoms with Crippen molar-refractivity contribution >= 4 is 34.6 Å². The highest BCUT2D eigenvalue weighted by Gasteiger charge is 2.29. The highest BCUT2D eigenvalue weighted by molar-refractivity contribution is 7.16. The summed E-state index contributed by atoms with van der Waals surface area (Å²) < 4.78 is 11.8. The summed E-state index contributed by atoms with van der Waals surface area (Å²) in [5.41, 5.74) is 6.39. The van der Waals surface area contributed by atoms with E-state index < -0.39 is 11.8 Å². The standard InChI is InChI=1S/C20H32N4O4S/c1-7-9-11-27-15-16(28-12-10-8-2)18(20(26)24-22-14(5)6)29-17(15)19(25)23-21-13(3)4/h7-12H2,1-6H3,(H,23,25)(H,24,26). The van der Waals surface area contributed by atoms with E-state index in [-0.39, 0.29) is 21.3 Å². The molecule has 0 saturated carbocycles. The fourth-order valence-electron chi connectivity index (χ4n) is 2.03. The number of hydrogen-bond acceptors (Lipinski definition) is 7. The van der Waals surface area contributed by atoms with Crippen molar-refractivity contribution in [3.63, 3.8) is 0 Å². The van der Waals surface area contributed by atoms with Crippen LogP contribution in [0.3, 0.4) is 0 Å². The van der Waals surface area contributed by atoms with Gasteiger partial charge in [-0.1, -0.05) is 26.7 Å². The van der Waals surface area contributed by atoms with Crippen LogP contribution in [0.25, 0.3) is 0 Å². The summed E-state index contributed by atoms with van der Waals surface area (Å²) in [5, 5.41) is 7.92. The minimum Gasteiger partial charge on any atom is -0.488 e. The number of rotatable bonds is 12. The van der Waals surface area contributed by atoms with Gasteiger partial charge in [-0.05, 0) is 40.5 Å². The summed E-state index contributed by atoms with van der Waals surface area (Å²) in [5.74, 6) is -0.332. The zero-order valence-corrected chi connectivity index (χ0v) is 19.0. The van der Waals surface area contributed by atoms with Crippen molar-refractivity contribution < 1.29 is 19.1 Å². The van der Waals surface area contributed by atoms with Gasteiger partial charge in [0.1, 0.15) is 9.75 Å². The lowest BCUT2D eigenvalue weighted by molar-refractivity contribution is 0.0944. The first-order chi connectivity index (χ1) is 13.8. The third-order valence-electron chi connectivity index (χ3n) is 3.49. The molecule has 0 bridgehead atoms. The summed E-state index contributed by atoms with van der Waals surface area (Å²) in [6, 6.07) is 0. The number of carbonyl (C=O) groups is 2. The van der Waals surface area contributed by atoms with Crippen molar-refractivity contribution in [2.75, 3.05) is 13.2 Å². The largest absolute Gasteiger partial charge is 0.488 e. The first-order valence-corrected chi connectivity index (χ1v) is 10.7. The number of ether oxygens (including phenoxy) is 2. The summed E-state index contributed by atoms with van der Waals surface area (Å²) in [4.78, 5) is 25.9. The molecule has 29 heavy (non-hydrogen) atoms. The van der Waals surface area contributed by atoms with Crippen molar-refractivity contribution in [2.24, 2.45) is 10.2 Å². The van der Waals surface area contributed by atoms with Crippen LogP contribution in [0.1, 0.15) is 86.6 Å². The predicted octanol–water partition coefficient (Wildman–Crippen LogP) is 4.36. The lowest BCUT2D eigenvalue weighted by Crippen LogP contribution is -2.18. The summed E-state index contributed by atoms with van der Waals surface area (Å²) in [6.07, 6.45) is 3.51. The average Bonchev–Trinajstić information content (AvgIpc) is 3.03. The van der Waals surface area contributed by atoms with Gasteiger partial charge in [-0.2, -0.15) is 10.2 Å². The van der Waals surface area contributed by atoms with Gasteiger partial charge in [0.2, 0.25) is 0 Å². The van der Waals surface area contributed by atoms with Crippen molar-refractivity contribution in [3.05, 3.63) is 9.75 Å². The molecule has 162 valence electrons. The number of hydrogen-bond donors (Lipinski definition) is 2. The monoisotopic (exact) mass is 424 g/mol. The van der Waals surface area contributed by atoms with E-state index >= 15 is 0 Å². The van der Waals surface area contributed by atoms with Gasteiger partial charge in [-0.3, -0.25) is 9.59 Å². The van der Waals surface area contributed by atoms with Crippen LogP contribution in [-0.2, 0) is 0 Å². The van der Waals surface area contributed by atoms with Gasteiger partial charge in [0.25, 0.3) is 11.8 Å². The average molecular weight is 425 g/mol. The molecule has 0 saturated heterocycles. The number of nitrogens with one attached hydrogen (secondary N) is 2. The third-order valence-corrected chi connectivity index (χ3v) is 4.64. The van der Waals surface area contributed by atoms with E-state index in [1.54, 1.807) is 27.7 Å². The Morgan fingerprint density at radius 1 is 0.793 bits per heavy atom. The predicted molar refractivity (Wildman–Crippen MR) is 118 cm³/mol. The molecule has 0 unspecified atom stereocenters. The molecule has 1 heterocycles. The first kappa shape index (κ1) is 24.6. The molecule has 0 fully saturated rings. The molecule has 2 amide bonds. The molecule has 0 spiro atoms. The Bertz CT molecular complexity index is 687. The number of unbranched alkanes of at least 4 members (excludes halogenated alkanes) is 2. The Kier molecular flexibility index (Phi) is 11.0. The van der Waals surface area contributed by atoms with E-state index in [2.05, 4.69) is 21.1 Å². The molecule has 0 aliphatic carbocycles. The molecular weight excluding hydrogens is 392 g/mol. The van der Waals surface area contributed by atoms with Crippen LogP contribution < -0.4 is 20.3 Å². The second-order valence-electron chi connectivity index (χ2n) is 6.82. The quantitative estimate of drug-likeness (QED) is 0.296. The molecule has 0 aliphatic rings. The maximum atomic E-state index is 12.7. The Balaban J connectivity index is 3.36. The van der Waals surface area contributed by atoms with E-state index in [4.69, 9.17) is 9.47 Å². The van der Waals surface area contributed by atoms with E-state index in [1.165, 1.54) is 0 Å². The Morgan fingerprint density at radius 2 is 1.17 bits per heavy atom. The van der Waals surface area contributed by atoms with Gasteiger partial charge in [-0.25, -0.2) is 10.9 Å². The first-order valence-electron chi connectivity index (χ1n) is 9.86. The van der Waals surface area contributed by atoms with Crippen LogP contribution in [0.2, 0.25) is 0 Å². The lowest BCUT2D eigenvalue weighted by atomic mass is 10.3. The number of nitrogens with zero attached hydrogens (tertiary/aromatic N) is 2. The van der Waals surface area contributed by atoms with E-state index in [1.807, 2.05) is 13.8 Å². The maximum absolute atomic E-state index is 12.7. The van der Waals surface area contributed by atoms with Crippen LogP contribution in [0.4, 0.5) is 0 Å². The molecule has 1 aromatic heterocycles. The van der Waals surface area contributed by atoms with Crippen molar-refractivity contribution in [3.8, 4) is 11.5 Å². The topological polar surface area (TPSA) is 101 Å². The molecule has 9 heteroatoms. The minimum atomic E-state index is -0.447. The van der Waals surface area contributed by atoms with Gasteiger partial charge in [0.15, 0.2) is 11.5 Å². The molecule has 0 atom stereocenters. The van der Waals surface area contributed by atoms with Gasteiger partial charge < -0.3 is 9.47 Å². The van der Waals surface area contributed by atoms with Crippen molar-refractivity contribution in [1.82, 2.24) is 10.9 Å². The van der Waals surface area contributed by atoms with Gasteiger partial charge >= 0.3 is 0 Å². The Morgan fingerprint density at radius 3 is 1.48 bits per heavy atom. The fourth-order valence-corrected chi connectivity index (χ4v) is 3.00. The van der Waals surface area contributed by atoms with E-state index in [9.17, 15) is 9.59 Å². The molecule has 2 N–H and O–H groups in total. The lowest BCUT2D eigenvalue weighted by Gasteiger charge is -2.11. The maximum Gasteiger partial charge on any atom is 0.285 e. The summed E-state index contributed by atoms with van der Waals surface area (Å²) >= 11 is 1.01. The number of thiophene rings is 1. The number of hydrazone groups is 2. The second-order valence-corrected chi connectivity index (χ2v) is 7.84. The Hall–Kier alpha value is -2.42. The van der Waals surface area contributed by atoms with Gasteiger partial charge in [0, 0.05) is 11.4 Å². The van der Waals surface area contributed by atoms with Crippen LogP contribution in [0.15, 0.2) is 10.2 Å². The summed E-state index contributed by atoms with van der Waals surface area (Å²) in [6.45, 7) is 12.0. The number of amides is 2. The molecule has 0 aromatic carbocycles. The smallest absolute Gasteiger partial charge is 0.285 e. The third kappa shape index (κ3) is 8.23. The van der Waals surface area contributed by atoms with Crippen molar-refractivity contribution in [2.45, 2.75) is 67.2 Å². The second kappa shape index (κ2) is 12.9. The molecule has 0 radical (unpaired) electrons. The van der Waals surface area contributed by atoms with Gasteiger partial charge in [-0.15, -0.1) is 11.3 Å². The minimum absolute atomic E-state index is 0.250. The van der Waals surface area contributed by atoms with Crippen LogP contribution in [0, 0.1) is 0 Å². The van der Waals surface area contributed by atoms with Crippen molar-refractivity contribution in [1.29, 1.82) is 0 Å². The van der Waals surface area contributed by atoms with E-state index in [0.29, 0.717) is 24.6 Å².